The van der Waals surface area contributed by atoms with Crippen molar-refractivity contribution in [2.45, 2.75) is 20.0 Å². The van der Waals surface area contributed by atoms with Crippen molar-refractivity contribution in [3.8, 4) is 11.5 Å². The molecule has 2 N–H and O–H groups in total. The number of benzene rings is 2. The second-order valence-electron chi connectivity index (χ2n) is 6.86. The summed E-state index contributed by atoms with van der Waals surface area (Å²) in [5.74, 6) is 1.65. The molecule has 1 fully saturated rings. The Labute approximate surface area is 161 Å². The number of hydrogen-bond donors (Lipinski definition) is 2. The van der Waals surface area contributed by atoms with Crippen LogP contribution in [0.15, 0.2) is 42.5 Å². The Balaban J connectivity index is 1.54. The Hall–Kier alpha value is -1.75. The van der Waals surface area contributed by atoms with Gasteiger partial charge in [-0.25, -0.2) is 0 Å². The number of nitrogens with one attached hydrogen (secondary N) is 2. The summed E-state index contributed by atoms with van der Waals surface area (Å²) < 4.78 is 11.1. The molecule has 0 bridgehead atoms. The van der Waals surface area contributed by atoms with Crippen molar-refractivity contribution in [2.24, 2.45) is 0 Å². The summed E-state index contributed by atoms with van der Waals surface area (Å²) in [6.45, 7) is 9.40. The zero-order valence-electron chi connectivity index (χ0n) is 15.7. The van der Waals surface area contributed by atoms with Gasteiger partial charge in [0, 0.05) is 16.1 Å². The smallest absolute Gasteiger partial charge is 0.161 e. The predicted octanol–water partition coefficient (Wildman–Crippen LogP) is 1.23. The van der Waals surface area contributed by atoms with Crippen molar-refractivity contribution < 1.29 is 19.3 Å². The summed E-state index contributed by atoms with van der Waals surface area (Å²) in [4.78, 5) is 3.24. The highest BCUT2D eigenvalue weighted by molar-refractivity contribution is 6.31. The number of piperazine rings is 1. The fourth-order valence-electron chi connectivity index (χ4n) is 3.61. The van der Waals surface area contributed by atoms with Crippen molar-refractivity contribution >= 4 is 11.6 Å². The number of methoxy groups -OCH3 is 1. The lowest BCUT2D eigenvalue weighted by molar-refractivity contribution is -1.02. The van der Waals surface area contributed by atoms with E-state index in [1.165, 1.54) is 37.3 Å². The molecule has 2 aromatic rings. The Bertz CT molecular complexity index is 715. The number of rotatable bonds is 7. The SMILES string of the molecule is CCOc1cc(C[NH+]2CC[NH+](Cc3ccccc3Cl)CC2)ccc1OC. The minimum Gasteiger partial charge on any atom is -0.493 e. The van der Waals surface area contributed by atoms with Crippen LogP contribution in [0.25, 0.3) is 0 Å². The summed E-state index contributed by atoms with van der Waals surface area (Å²) in [6, 6.07) is 14.5. The van der Waals surface area contributed by atoms with Crippen LogP contribution in [0.4, 0.5) is 0 Å². The van der Waals surface area contributed by atoms with E-state index in [0.717, 1.165) is 29.6 Å². The molecule has 1 aliphatic rings. The van der Waals surface area contributed by atoms with Crippen LogP contribution in [0.2, 0.25) is 5.02 Å². The maximum Gasteiger partial charge on any atom is 0.161 e. The molecule has 1 aliphatic heterocycles. The lowest BCUT2D eigenvalue weighted by atomic mass is 10.1. The van der Waals surface area contributed by atoms with Crippen LogP contribution < -0.4 is 19.3 Å². The van der Waals surface area contributed by atoms with Gasteiger partial charge >= 0.3 is 0 Å². The molecule has 5 heteroatoms. The van der Waals surface area contributed by atoms with Crippen LogP contribution >= 0.6 is 11.6 Å². The lowest BCUT2D eigenvalue weighted by Crippen LogP contribution is -3.27. The van der Waals surface area contributed by atoms with Crippen LogP contribution in [-0.2, 0) is 13.1 Å². The molecule has 0 atom stereocenters. The van der Waals surface area contributed by atoms with E-state index in [9.17, 15) is 0 Å². The van der Waals surface area contributed by atoms with Crippen molar-refractivity contribution in [2.75, 3.05) is 39.9 Å². The van der Waals surface area contributed by atoms with Crippen molar-refractivity contribution in [1.82, 2.24) is 0 Å². The highest BCUT2D eigenvalue weighted by Gasteiger charge is 2.24. The molecule has 0 amide bonds. The molecular formula is C21H29ClN2O2+2. The third-order valence-corrected chi connectivity index (χ3v) is 5.41. The second kappa shape index (κ2) is 9.26. The highest BCUT2D eigenvalue weighted by Crippen LogP contribution is 2.27. The van der Waals surface area contributed by atoms with Gasteiger partial charge in [0.15, 0.2) is 11.5 Å². The van der Waals surface area contributed by atoms with E-state index in [1.54, 1.807) is 16.9 Å². The number of ether oxygens (including phenoxy) is 2. The first-order valence-electron chi connectivity index (χ1n) is 9.40. The predicted molar refractivity (Wildman–Crippen MR) is 104 cm³/mol. The normalized spacial score (nSPS) is 20.0. The van der Waals surface area contributed by atoms with E-state index in [2.05, 4.69) is 24.3 Å². The second-order valence-corrected chi connectivity index (χ2v) is 7.27. The standard InChI is InChI=1S/C21H27ClN2O2/c1-3-26-21-14-17(8-9-20(21)25-2)15-23-10-12-24(13-11-23)16-18-6-4-5-7-19(18)22/h4-9,14H,3,10-13,15-16H2,1-2H3/p+2. The quantitative estimate of drug-likeness (QED) is 0.760. The molecule has 0 unspecified atom stereocenters. The third-order valence-electron chi connectivity index (χ3n) is 5.04. The van der Waals surface area contributed by atoms with E-state index in [0.29, 0.717) is 6.61 Å². The molecule has 0 radical (unpaired) electrons. The van der Waals surface area contributed by atoms with Crippen LogP contribution in [0, 0.1) is 0 Å². The van der Waals surface area contributed by atoms with E-state index >= 15 is 0 Å². The Morgan fingerprint density at radius 2 is 1.62 bits per heavy atom. The van der Waals surface area contributed by atoms with Crippen LogP contribution in [0.1, 0.15) is 18.1 Å². The molecule has 0 saturated carbocycles. The average Bonchev–Trinajstić information content (AvgIpc) is 2.66. The van der Waals surface area contributed by atoms with Crippen LogP contribution in [0.3, 0.4) is 0 Å². The van der Waals surface area contributed by atoms with E-state index < -0.39 is 0 Å². The van der Waals surface area contributed by atoms with E-state index in [-0.39, 0.29) is 0 Å². The van der Waals surface area contributed by atoms with Crippen molar-refractivity contribution in [3.63, 3.8) is 0 Å². The number of halogens is 1. The monoisotopic (exact) mass is 376 g/mol. The largest absolute Gasteiger partial charge is 0.493 e. The van der Waals surface area contributed by atoms with E-state index in [1.807, 2.05) is 25.1 Å². The zero-order chi connectivity index (χ0) is 18.4. The maximum absolute atomic E-state index is 6.30. The van der Waals surface area contributed by atoms with Gasteiger partial charge in [-0.05, 0) is 31.2 Å². The minimum absolute atomic E-state index is 0.650. The Morgan fingerprint density at radius 1 is 0.923 bits per heavy atom. The summed E-state index contributed by atoms with van der Waals surface area (Å²) in [7, 11) is 1.68. The lowest BCUT2D eigenvalue weighted by Gasteiger charge is -2.30. The van der Waals surface area contributed by atoms with Crippen molar-refractivity contribution in [1.29, 1.82) is 0 Å². The van der Waals surface area contributed by atoms with E-state index in [4.69, 9.17) is 21.1 Å². The summed E-state index contributed by atoms with van der Waals surface area (Å²) in [5, 5.41) is 0.886. The highest BCUT2D eigenvalue weighted by atomic mass is 35.5. The molecule has 26 heavy (non-hydrogen) atoms. The molecule has 0 aliphatic carbocycles. The molecule has 0 aromatic heterocycles. The third kappa shape index (κ3) is 4.91. The summed E-state index contributed by atoms with van der Waals surface area (Å²) in [6.07, 6.45) is 0. The van der Waals surface area contributed by atoms with Gasteiger partial charge in [0.1, 0.15) is 39.3 Å². The van der Waals surface area contributed by atoms with Gasteiger partial charge in [0.25, 0.3) is 0 Å². The van der Waals surface area contributed by atoms with Gasteiger partial charge < -0.3 is 19.3 Å². The molecule has 140 valence electrons. The van der Waals surface area contributed by atoms with Gasteiger partial charge in [0.05, 0.1) is 13.7 Å². The first-order chi connectivity index (χ1) is 12.7. The summed E-state index contributed by atoms with van der Waals surface area (Å²) in [5.41, 5.74) is 2.56. The topological polar surface area (TPSA) is 27.3 Å². The number of quaternary nitrogens is 2. The molecule has 0 spiro atoms. The minimum atomic E-state index is 0.650. The van der Waals surface area contributed by atoms with Gasteiger partial charge in [0.2, 0.25) is 0 Å². The molecule has 3 rings (SSSR count). The number of hydrogen-bond acceptors (Lipinski definition) is 2. The average molecular weight is 377 g/mol. The fourth-order valence-corrected chi connectivity index (χ4v) is 3.81. The van der Waals surface area contributed by atoms with Gasteiger partial charge in [-0.2, -0.15) is 0 Å². The summed E-state index contributed by atoms with van der Waals surface area (Å²) >= 11 is 6.30. The van der Waals surface area contributed by atoms with Crippen molar-refractivity contribution in [3.05, 3.63) is 58.6 Å². The van der Waals surface area contributed by atoms with Gasteiger partial charge in [-0.15, -0.1) is 0 Å². The molecule has 4 nitrogen and oxygen atoms in total. The molecular weight excluding hydrogens is 348 g/mol. The Morgan fingerprint density at radius 3 is 2.27 bits per heavy atom. The van der Waals surface area contributed by atoms with Gasteiger partial charge in [-0.3, -0.25) is 0 Å². The first kappa shape index (κ1) is 19.0. The molecule has 1 heterocycles. The van der Waals surface area contributed by atoms with Crippen LogP contribution in [-0.4, -0.2) is 39.9 Å². The fraction of sp³-hybridized carbons (Fsp3) is 0.429. The maximum atomic E-state index is 6.30. The van der Waals surface area contributed by atoms with Gasteiger partial charge in [-0.1, -0.05) is 29.8 Å². The van der Waals surface area contributed by atoms with Crippen LogP contribution in [0.5, 0.6) is 11.5 Å². The molecule has 2 aromatic carbocycles. The Kier molecular flexibility index (Phi) is 6.78. The first-order valence-corrected chi connectivity index (χ1v) is 9.77. The zero-order valence-corrected chi connectivity index (χ0v) is 16.4. The molecule has 1 saturated heterocycles.